The lowest BCUT2D eigenvalue weighted by Gasteiger charge is -2.33. The Hall–Kier alpha value is -2.60. The number of rotatable bonds is 4. The SMILES string of the molecule is O=C(OCCc1cccnc1)N1CCC2CC1c1cc(N3CCNCC3)ccc12. The molecule has 2 saturated heterocycles. The second-order valence-electron chi connectivity index (χ2n) is 8.21. The number of piperazine rings is 1. The topological polar surface area (TPSA) is 57.7 Å². The number of pyridine rings is 1. The lowest BCUT2D eigenvalue weighted by atomic mass is 9.96. The molecular formula is C23H28N4O2. The summed E-state index contributed by atoms with van der Waals surface area (Å²) in [4.78, 5) is 21.3. The molecule has 2 unspecified atom stereocenters. The lowest BCUT2D eigenvalue weighted by molar-refractivity contribution is 0.0753. The first-order valence-electron chi connectivity index (χ1n) is 10.7. The number of carbonyl (C=O) groups excluding carboxylic acids is 1. The first kappa shape index (κ1) is 18.4. The Bertz CT molecular complexity index is 866. The first-order chi connectivity index (χ1) is 14.3. The number of nitrogens with zero attached hydrogens (tertiary/aromatic N) is 3. The normalized spacial score (nSPS) is 23.0. The van der Waals surface area contributed by atoms with Crippen LogP contribution in [0.5, 0.6) is 0 Å². The molecule has 2 atom stereocenters. The summed E-state index contributed by atoms with van der Waals surface area (Å²) >= 11 is 0. The van der Waals surface area contributed by atoms with Gasteiger partial charge in [-0.2, -0.15) is 0 Å². The van der Waals surface area contributed by atoms with Gasteiger partial charge in [0.15, 0.2) is 0 Å². The molecule has 5 rings (SSSR count). The van der Waals surface area contributed by atoms with E-state index in [0.717, 1.165) is 51.1 Å². The van der Waals surface area contributed by atoms with Crippen LogP contribution in [0.1, 0.15) is 41.5 Å². The monoisotopic (exact) mass is 392 g/mol. The van der Waals surface area contributed by atoms with Gasteiger partial charge in [-0.15, -0.1) is 0 Å². The molecule has 152 valence electrons. The van der Waals surface area contributed by atoms with Gasteiger partial charge >= 0.3 is 6.09 Å². The van der Waals surface area contributed by atoms with Crippen molar-refractivity contribution in [2.75, 3.05) is 44.2 Å². The zero-order valence-electron chi connectivity index (χ0n) is 16.7. The molecule has 2 fully saturated rings. The van der Waals surface area contributed by atoms with Crippen molar-refractivity contribution in [2.24, 2.45) is 0 Å². The molecule has 6 heteroatoms. The van der Waals surface area contributed by atoms with Gasteiger partial charge in [-0.1, -0.05) is 12.1 Å². The number of hydrogen-bond donors (Lipinski definition) is 1. The van der Waals surface area contributed by atoms with Crippen molar-refractivity contribution in [3.63, 3.8) is 0 Å². The number of fused-ring (bicyclic) bond motifs is 5. The summed E-state index contributed by atoms with van der Waals surface area (Å²) in [6.07, 6.45) is 6.14. The van der Waals surface area contributed by atoms with Crippen molar-refractivity contribution in [1.29, 1.82) is 0 Å². The van der Waals surface area contributed by atoms with Gasteiger partial charge in [0, 0.05) is 57.2 Å². The summed E-state index contributed by atoms with van der Waals surface area (Å²) < 4.78 is 5.64. The maximum Gasteiger partial charge on any atom is 0.410 e. The van der Waals surface area contributed by atoms with E-state index in [9.17, 15) is 4.79 Å². The van der Waals surface area contributed by atoms with Crippen LogP contribution in [0.2, 0.25) is 0 Å². The highest BCUT2D eigenvalue weighted by Gasteiger charge is 2.41. The summed E-state index contributed by atoms with van der Waals surface area (Å²) in [6, 6.07) is 11.0. The van der Waals surface area contributed by atoms with Crippen molar-refractivity contribution in [1.82, 2.24) is 15.2 Å². The number of piperidine rings is 1. The van der Waals surface area contributed by atoms with Gasteiger partial charge in [0.1, 0.15) is 0 Å². The van der Waals surface area contributed by atoms with Crippen LogP contribution >= 0.6 is 0 Å². The van der Waals surface area contributed by atoms with E-state index in [-0.39, 0.29) is 12.1 Å². The first-order valence-corrected chi connectivity index (χ1v) is 10.7. The summed E-state index contributed by atoms with van der Waals surface area (Å²) in [5, 5.41) is 3.41. The average Bonchev–Trinajstić information content (AvgIpc) is 3.06. The third-order valence-corrected chi connectivity index (χ3v) is 6.53. The molecule has 0 saturated carbocycles. The number of likely N-dealkylation sites (tertiary alicyclic amines) is 1. The highest BCUT2D eigenvalue weighted by Crippen LogP contribution is 2.50. The molecule has 3 aliphatic rings. The minimum Gasteiger partial charge on any atom is -0.449 e. The number of anilines is 1. The van der Waals surface area contributed by atoms with Gasteiger partial charge in [0.25, 0.3) is 0 Å². The molecule has 3 heterocycles. The van der Waals surface area contributed by atoms with Gasteiger partial charge in [0.2, 0.25) is 0 Å². The van der Waals surface area contributed by atoms with Gasteiger partial charge < -0.3 is 19.9 Å². The smallest absolute Gasteiger partial charge is 0.410 e. The van der Waals surface area contributed by atoms with Crippen LogP contribution in [-0.4, -0.2) is 55.3 Å². The summed E-state index contributed by atoms with van der Waals surface area (Å²) in [6.45, 7) is 5.29. The van der Waals surface area contributed by atoms with Gasteiger partial charge in [-0.3, -0.25) is 4.98 Å². The van der Waals surface area contributed by atoms with Crippen molar-refractivity contribution in [3.05, 3.63) is 59.4 Å². The molecule has 2 aromatic rings. The molecule has 2 bridgehead atoms. The number of benzene rings is 1. The fourth-order valence-electron chi connectivity index (χ4n) is 4.99. The van der Waals surface area contributed by atoms with Crippen LogP contribution < -0.4 is 10.2 Å². The maximum absolute atomic E-state index is 12.8. The van der Waals surface area contributed by atoms with Crippen LogP contribution in [-0.2, 0) is 11.2 Å². The van der Waals surface area contributed by atoms with Crippen molar-refractivity contribution in [2.45, 2.75) is 31.2 Å². The quantitative estimate of drug-likeness (QED) is 0.867. The summed E-state index contributed by atoms with van der Waals surface area (Å²) in [5.41, 5.74) is 5.13. The van der Waals surface area contributed by atoms with E-state index in [2.05, 4.69) is 33.4 Å². The number of carbonyl (C=O) groups is 1. The Morgan fingerprint density at radius 1 is 1.17 bits per heavy atom. The largest absolute Gasteiger partial charge is 0.449 e. The molecule has 0 radical (unpaired) electrons. The Labute approximate surface area is 171 Å². The van der Waals surface area contributed by atoms with Gasteiger partial charge in [-0.25, -0.2) is 4.79 Å². The number of ether oxygens (including phenoxy) is 1. The highest BCUT2D eigenvalue weighted by atomic mass is 16.6. The van der Waals surface area contributed by atoms with Crippen LogP contribution in [0.15, 0.2) is 42.7 Å². The second kappa shape index (κ2) is 8.03. The molecule has 2 aliphatic heterocycles. The van der Waals surface area contributed by atoms with E-state index in [0.29, 0.717) is 18.9 Å². The van der Waals surface area contributed by atoms with Crippen LogP contribution in [0.25, 0.3) is 0 Å². The molecule has 1 aliphatic carbocycles. The molecular weight excluding hydrogens is 364 g/mol. The Balaban J connectivity index is 1.28. The van der Waals surface area contributed by atoms with E-state index < -0.39 is 0 Å². The molecule has 29 heavy (non-hydrogen) atoms. The zero-order chi connectivity index (χ0) is 19.6. The lowest BCUT2D eigenvalue weighted by Crippen LogP contribution is -2.43. The Morgan fingerprint density at radius 2 is 2.07 bits per heavy atom. The van der Waals surface area contributed by atoms with E-state index in [4.69, 9.17) is 4.74 Å². The number of aromatic nitrogens is 1. The summed E-state index contributed by atoms with van der Waals surface area (Å²) in [5.74, 6) is 0.575. The molecule has 0 spiro atoms. The predicted octanol–water partition coefficient (Wildman–Crippen LogP) is 3.10. The minimum atomic E-state index is -0.183. The minimum absolute atomic E-state index is 0.150. The molecule has 1 aromatic heterocycles. The summed E-state index contributed by atoms with van der Waals surface area (Å²) in [7, 11) is 0. The van der Waals surface area contributed by atoms with Crippen LogP contribution in [0.3, 0.4) is 0 Å². The third kappa shape index (κ3) is 3.69. The maximum atomic E-state index is 12.8. The van der Waals surface area contributed by atoms with Crippen LogP contribution in [0, 0.1) is 0 Å². The van der Waals surface area contributed by atoms with Crippen molar-refractivity contribution >= 4 is 11.8 Å². The average molecular weight is 393 g/mol. The second-order valence-corrected chi connectivity index (χ2v) is 8.21. The van der Waals surface area contributed by atoms with Crippen molar-refractivity contribution in [3.8, 4) is 0 Å². The standard InChI is InChI=1S/C23H28N4O2/c28-23(29-13-6-17-2-1-7-25-16-17)27-10-5-18-14-22(27)21-15-19(3-4-20(18)21)26-11-8-24-9-12-26/h1-4,7,15-16,18,22,24H,5-6,8-14H2. The molecule has 1 aromatic carbocycles. The number of nitrogens with one attached hydrogen (secondary N) is 1. The predicted molar refractivity (Wildman–Crippen MR) is 112 cm³/mol. The molecule has 1 N–H and O–H groups in total. The van der Waals surface area contributed by atoms with E-state index in [1.165, 1.54) is 16.8 Å². The molecule has 6 nitrogen and oxygen atoms in total. The Morgan fingerprint density at radius 3 is 2.90 bits per heavy atom. The fraction of sp³-hybridized carbons (Fsp3) is 0.478. The van der Waals surface area contributed by atoms with E-state index in [1.54, 1.807) is 6.20 Å². The third-order valence-electron chi connectivity index (χ3n) is 6.53. The van der Waals surface area contributed by atoms with Crippen molar-refractivity contribution < 1.29 is 9.53 Å². The fourth-order valence-corrected chi connectivity index (χ4v) is 4.99. The van der Waals surface area contributed by atoms with Gasteiger partial charge in [0.05, 0.1) is 12.6 Å². The number of hydrogen-bond acceptors (Lipinski definition) is 5. The molecule has 1 amide bonds. The van der Waals surface area contributed by atoms with Gasteiger partial charge in [-0.05, 0) is 53.6 Å². The van der Waals surface area contributed by atoms with E-state index >= 15 is 0 Å². The Kier molecular flexibility index (Phi) is 5.10. The number of amides is 1. The van der Waals surface area contributed by atoms with E-state index in [1.807, 2.05) is 23.2 Å². The zero-order valence-corrected chi connectivity index (χ0v) is 16.7. The van der Waals surface area contributed by atoms with Crippen LogP contribution in [0.4, 0.5) is 10.5 Å². The highest BCUT2D eigenvalue weighted by molar-refractivity contribution is 5.70.